The van der Waals surface area contributed by atoms with Crippen LogP contribution in [-0.4, -0.2) is 48.8 Å². The number of ether oxygens (including phenoxy) is 1. The van der Waals surface area contributed by atoms with E-state index in [1.54, 1.807) is 4.68 Å². The lowest BCUT2D eigenvalue weighted by Gasteiger charge is -2.12. The summed E-state index contributed by atoms with van der Waals surface area (Å²) in [6, 6.07) is 0. The zero-order chi connectivity index (χ0) is 21.3. The molecule has 164 valence electrons. The second-order valence-electron chi connectivity index (χ2n) is 7.89. The summed E-state index contributed by atoms with van der Waals surface area (Å²) in [5.41, 5.74) is 7.11. The third-order valence-electron chi connectivity index (χ3n) is 5.54. The van der Waals surface area contributed by atoms with Gasteiger partial charge in [-0.05, 0) is 12.3 Å². The van der Waals surface area contributed by atoms with Gasteiger partial charge in [-0.2, -0.15) is 5.10 Å². The van der Waals surface area contributed by atoms with Crippen LogP contribution in [0.4, 0.5) is 5.82 Å². The smallest absolute Gasteiger partial charge is 0.167 e. The van der Waals surface area contributed by atoms with Crippen LogP contribution in [-0.2, 0) is 4.74 Å². The Morgan fingerprint density at radius 1 is 1.17 bits per heavy atom. The Balaban J connectivity index is 1.62. The summed E-state index contributed by atoms with van der Waals surface area (Å²) in [6.07, 6.45) is 10.7. The molecule has 0 radical (unpaired) electrons. The number of aromatic nitrogens is 4. The highest BCUT2D eigenvalue weighted by atomic mass is 16.5. The first kappa shape index (κ1) is 22.5. The van der Waals surface area contributed by atoms with Gasteiger partial charge in [-0.25, -0.2) is 14.6 Å². The fourth-order valence-corrected chi connectivity index (χ4v) is 3.81. The van der Waals surface area contributed by atoms with Crippen molar-refractivity contribution in [3.05, 3.63) is 12.0 Å². The van der Waals surface area contributed by atoms with Gasteiger partial charge in [0.15, 0.2) is 11.9 Å². The lowest BCUT2D eigenvalue weighted by atomic mass is 10.1. The van der Waals surface area contributed by atoms with Crippen molar-refractivity contribution in [2.24, 2.45) is 0 Å². The van der Waals surface area contributed by atoms with E-state index < -0.39 is 18.4 Å². The van der Waals surface area contributed by atoms with Gasteiger partial charge in [0, 0.05) is 12.8 Å². The van der Waals surface area contributed by atoms with E-state index in [1.165, 1.54) is 51.3 Å². The summed E-state index contributed by atoms with van der Waals surface area (Å²) in [5, 5.41) is 24.5. The van der Waals surface area contributed by atoms with E-state index in [-0.39, 0.29) is 6.61 Å². The number of fused-ring (bicyclic) bond motifs is 1. The second-order valence-corrected chi connectivity index (χ2v) is 7.89. The van der Waals surface area contributed by atoms with E-state index in [4.69, 9.17) is 10.5 Å². The molecular weight excluding hydrogens is 382 g/mol. The molecule has 30 heavy (non-hydrogen) atoms. The zero-order valence-electron chi connectivity index (χ0n) is 17.8. The molecule has 0 amide bonds. The minimum Gasteiger partial charge on any atom is -0.394 e. The molecule has 0 unspecified atom stereocenters. The van der Waals surface area contributed by atoms with E-state index in [0.29, 0.717) is 29.0 Å². The predicted octanol–water partition coefficient (Wildman–Crippen LogP) is 2.93. The molecule has 0 aromatic carbocycles. The van der Waals surface area contributed by atoms with Gasteiger partial charge in [-0.15, -0.1) is 0 Å². The molecule has 1 fully saturated rings. The highest BCUT2D eigenvalue weighted by Crippen LogP contribution is 2.32. The number of nitrogens with two attached hydrogens (primary N) is 1. The molecule has 0 spiro atoms. The van der Waals surface area contributed by atoms with Gasteiger partial charge in [-0.1, -0.05) is 57.8 Å². The van der Waals surface area contributed by atoms with E-state index in [2.05, 4.69) is 33.8 Å². The number of unbranched alkanes of at least 4 members (excludes halogenated alkanes) is 8. The maximum Gasteiger partial charge on any atom is 0.167 e. The molecule has 4 N–H and O–H groups in total. The molecule has 8 nitrogen and oxygen atoms in total. The number of nitrogens with zero attached hydrogens (tertiary/aromatic N) is 4. The van der Waals surface area contributed by atoms with Crippen LogP contribution in [0.25, 0.3) is 11.0 Å². The molecule has 2 aromatic heterocycles. The minimum absolute atomic E-state index is 0.251. The molecule has 1 aliphatic heterocycles. The Kier molecular flexibility index (Phi) is 8.43. The second kappa shape index (κ2) is 11.3. The summed E-state index contributed by atoms with van der Waals surface area (Å²) in [4.78, 5) is 8.37. The number of rotatable bonds is 10. The summed E-state index contributed by atoms with van der Waals surface area (Å²) >= 11 is 0. The van der Waals surface area contributed by atoms with E-state index >= 15 is 0 Å². The van der Waals surface area contributed by atoms with Crippen molar-refractivity contribution in [2.45, 2.75) is 89.6 Å². The van der Waals surface area contributed by atoms with Crippen LogP contribution in [0.3, 0.4) is 0 Å². The summed E-state index contributed by atoms with van der Waals surface area (Å²) < 4.78 is 7.32. The van der Waals surface area contributed by atoms with Gasteiger partial charge in [-0.3, -0.25) is 0 Å². The average Bonchev–Trinajstić information content (AvgIpc) is 3.30. The molecule has 0 aliphatic carbocycles. The molecule has 1 saturated heterocycles. The van der Waals surface area contributed by atoms with Crippen LogP contribution in [0.1, 0.15) is 83.1 Å². The van der Waals surface area contributed by atoms with Crippen molar-refractivity contribution in [1.29, 1.82) is 0 Å². The molecule has 1 aliphatic rings. The first-order valence-electron chi connectivity index (χ1n) is 11.1. The van der Waals surface area contributed by atoms with Gasteiger partial charge in [0.1, 0.15) is 23.9 Å². The molecule has 3 atom stereocenters. The number of hydrogen-bond acceptors (Lipinski definition) is 7. The third-order valence-corrected chi connectivity index (χ3v) is 5.54. The first-order chi connectivity index (χ1) is 14.7. The van der Waals surface area contributed by atoms with Crippen molar-refractivity contribution in [3.63, 3.8) is 0 Å². The largest absolute Gasteiger partial charge is 0.394 e. The fraction of sp³-hybridized carbons (Fsp3) is 0.682. The SMILES string of the molecule is CCCCCCCCCCC#Cc1nn([C@H]2C[C@H](O)[C@@H](CO)O2)c2ncnc(N)c12. The molecule has 2 aromatic rings. The fourth-order valence-electron chi connectivity index (χ4n) is 3.81. The molecule has 3 heterocycles. The number of aliphatic hydroxyl groups excluding tert-OH is 2. The lowest BCUT2D eigenvalue weighted by molar-refractivity contribution is -0.0470. The van der Waals surface area contributed by atoms with Crippen LogP contribution >= 0.6 is 0 Å². The number of hydrogen-bond donors (Lipinski definition) is 3. The summed E-state index contributed by atoms with van der Waals surface area (Å²) in [5.74, 6) is 6.64. The van der Waals surface area contributed by atoms with Crippen molar-refractivity contribution in [1.82, 2.24) is 19.7 Å². The van der Waals surface area contributed by atoms with Gasteiger partial charge >= 0.3 is 0 Å². The van der Waals surface area contributed by atoms with Gasteiger partial charge in [0.25, 0.3) is 0 Å². The average molecular weight is 416 g/mol. The van der Waals surface area contributed by atoms with Crippen LogP contribution in [0.15, 0.2) is 6.33 Å². The number of anilines is 1. The molecular formula is C22H33N5O3. The Labute approximate surface area is 177 Å². The van der Waals surface area contributed by atoms with Gasteiger partial charge in [0.2, 0.25) is 0 Å². The monoisotopic (exact) mass is 415 g/mol. The highest BCUT2D eigenvalue weighted by molar-refractivity contribution is 5.90. The standard InChI is InChI=1S/C22H33N5O3/c1-2-3-4-5-6-7-8-9-10-11-12-16-20-21(23)24-15-25-22(20)27(26-16)19-13-17(29)18(14-28)30-19/h15,17-19,28-29H,2-10,13-14H2,1H3,(H2,23,24,25)/t17-,18+,19+/m0/s1. The van der Waals surface area contributed by atoms with Crippen molar-refractivity contribution >= 4 is 16.9 Å². The van der Waals surface area contributed by atoms with Crippen molar-refractivity contribution in [3.8, 4) is 11.8 Å². The Bertz CT molecular complexity index is 873. The summed E-state index contributed by atoms with van der Waals surface area (Å²) in [7, 11) is 0. The van der Waals surface area contributed by atoms with Crippen molar-refractivity contribution in [2.75, 3.05) is 12.3 Å². The summed E-state index contributed by atoms with van der Waals surface area (Å²) in [6.45, 7) is 1.99. The van der Waals surface area contributed by atoms with E-state index in [0.717, 1.165) is 12.8 Å². The van der Waals surface area contributed by atoms with Crippen LogP contribution in [0.2, 0.25) is 0 Å². The van der Waals surface area contributed by atoms with Crippen LogP contribution < -0.4 is 5.73 Å². The lowest BCUT2D eigenvalue weighted by Crippen LogP contribution is -2.24. The van der Waals surface area contributed by atoms with Gasteiger partial charge in [0.05, 0.1) is 18.1 Å². The van der Waals surface area contributed by atoms with Crippen molar-refractivity contribution < 1.29 is 14.9 Å². The number of nitrogen functional groups attached to an aromatic ring is 1. The normalized spacial score (nSPS) is 21.1. The Hall–Kier alpha value is -2.21. The molecule has 8 heteroatoms. The Morgan fingerprint density at radius 3 is 2.60 bits per heavy atom. The maximum atomic E-state index is 10.0. The minimum atomic E-state index is -0.755. The van der Waals surface area contributed by atoms with Crippen LogP contribution in [0, 0.1) is 11.8 Å². The number of aliphatic hydroxyl groups is 2. The van der Waals surface area contributed by atoms with Crippen LogP contribution in [0.5, 0.6) is 0 Å². The quantitative estimate of drug-likeness (QED) is 0.403. The Morgan fingerprint density at radius 2 is 1.90 bits per heavy atom. The third kappa shape index (κ3) is 5.48. The predicted molar refractivity (Wildman–Crippen MR) is 115 cm³/mol. The van der Waals surface area contributed by atoms with Gasteiger partial charge < -0.3 is 20.7 Å². The van der Waals surface area contributed by atoms with E-state index in [1.807, 2.05) is 0 Å². The first-order valence-corrected chi connectivity index (χ1v) is 11.1. The molecule has 3 rings (SSSR count). The molecule has 0 bridgehead atoms. The van der Waals surface area contributed by atoms with E-state index in [9.17, 15) is 10.2 Å². The topological polar surface area (TPSA) is 119 Å². The maximum absolute atomic E-state index is 10.0. The zero-order valence-corrected chi connectivity index (χ0v) is 17.8. The highest BCUT2D eigenvalue weighted by Gasteiger charge is 2.36. The molecule has 0 saturated carbocycles.